The zero-order valence-electron chi connectivity index (χ0n) is 15.9. The van der Waals surface area contributed by atoms with Gasteiger partial charge in [0.25, 0.3) is 0 Å². The molecule has 1 atom stereocenters. The minimum atomic E-state index is -3.17. The van der Waals surface area contributed by atoms with Crippen LogP contribution in [0.5, 0.6) is 0 Å². The summed E-state index contributed by atoms with van der Waals surface area (Å²) >= 11 is 0. The number of rotatable bonds is 6. The third-order valence-electron chi connectivity index (χ3n) is 7.17. The van der Waals surface area contributed by atoms with Crippen molar-refractivity contribution in [1.29, 1.82) is 0 Å². The molecule has 2 aromatic rings. The summed E-state index contributed by atoms with van der Waals surface area (Å²) in [7, 11) is 0.676. The highest BCUT2D eigenvalue weighted by molar-refractivity contribution is 7.89. The van der Waals surface area contributed by atoms with E-state index in [0.29, 0.717) is 12.0 Å². The lowest BCUT2D eigenvalue weighted by atomic mass is 9.81. The van der Waals surface area contributed by atoms with Gasteiger partial charge >= 0.3 is 0 Å². The molecule has 0 spiro atoms. The molecule has 7 nitrogen and oxygen atoms in total. The molecule has 1 N–H and O–H groups in total. The van der Waals surface area contributed by atoms with Gasteiger partial charge in [-0.3, -0.25) is 0 Å². The van der Waals surface area contributed by atoms with Gasteiger partial charge in [0.15, 0.2) is 0 Å². The molecule has 0 unspecified atom stereocenters. The van der Waals surface area contributed by atoms with Crippen molar-refractivity contribution in [2.24, 2.45) is 17.8 Å². The molecule has 0 saturated heterocycles. The van der Waals surface area contributed by atoms with Crippen LogP contribution in [0.1, 0.15) is 32.1 Å². The molecule has 2 heterocycles. The summed E-state index contributed by atoms with van der Waals surface area (Å²) in [4.78, 5) is 14.0. The number of sulfonamides is 1. The van der Waals surface area contributed by atoms with Crippen LogP contribution in [0, 0.1) is 17.8 Å². The van der Waals surface area contributed by atoms with Crippen LogP contribution >= 0.6 is 0 Å². The van der Waals surface area contributed by atoms with Crippen molar-refractivity contribution in [1.82, 2.24) is 19.3 Å². The Kier molecular flexibility index (Phi) is 3.98. The zero-order valence-corrected chi connectivity index (χ0v) is 16.7. The van der Waals surface area contributed by atoms with Gasteiger partial charge in [-0.25, -0.2) is 22.7 Å². The summed E-state index contributed by atoms with van der Waals surface area (Å²) in [6.07, 6.45) is 8.77. The summed E-state index contributed by atoms with van der Waals surface area (Å²) in [6, 6.07) is 2.58. The molecule has 146 valence electrons. The lowest BCUT2D eigenvalue weighted by Gasteiger charge is -2.42. The second-order valence-electron chi connectivity index (χ2n) is 8.73. The maximum Gasteiger partial charge on any atom is 0.214 e. The quantitative estimate of drug-likeness (QED) is 0.819. The Morgan fingerprint density at radius 3 is 2.63 bits per heavy atom. The average Bonchev–Trinajstić information content (AvgIpc) is 3.29. The van der Waals surface area contributed by atoms with Crippen LogP contribution < -0.4 is 4.90 Å². The summed E-state index contributed by atoms with van der Waals surface area (Å²) < 4.78 is 27.4. The van der Waals surface area contributed by atoms with Crippen LogP contribution in [0.3, 0.4) is 0 Å². The van der Waals surface area contributed by atoms with E-state index in [0.717, 1.165) is 42.0 Å². The van der Waals surface area contributed by atoms with Gasteiger partial charge in [-0.15, -0.1) is 0 Å². The maximum atomic E-state index is 12.9. The monoisotopic (exact) mass is 389 g/mol. The van der Waals surface area contributed by atoms with E-state index >= 15 is 0 Å². The number of nitrogens with zero attached hydrogens (tertiary/aromatic N) is 4. The predicted molar refractivity (Wildman–Crippen MR) is 105 cm³/mol. The lowest BCUT2D eigenvalue weighted by Crippen LogP contribution is -2.48. The Morgan fingerprint density at radius 1 is 1.15 bits per heavy atom. The number of aromatic amines is 1. The van der Waals surface area contributed by atoms with Gasteiger partial charge in [-0.05, 0) is 55.9 Å². The van der Waals surface area contributed by atoms with Crippen LogP contribution in [0.4, 0.5) is 5.82 Å². The molecule has 6 rings (SSSR count). The highest BCUT2D eigenvalue weighted by Gasteiger charge is 2.49. The SMILES string of the molecule is CN(c1ncnc2[nH]ccc12)C1CC(CS(=O)(=O)N(C)[C@H]2CC3CC2C3)C1. The van der Waals surface area contributed by atoms with Gasteiger partial charge < -0.3 is 9.88 Å². The van der Waals surface area contributed by atoms with E-state index in [9.17, 15) is 8.42 Å². The Morgan fingerprint density at radius 2 is 1.93 bits per heavy atom. The van der Waals surface area contributed by atoms with Gasteiger partial charge in [-0.2, -0.15) is 0 Å². The smallest absolute Gasteiger partial charge is 0.214 e. The van der Waals surface area contributed by atoms with E-state index in [2.05, 4.69) is 19.9 Å². The minimum absolute atomic E-state index is 0.241. The minimum Gasteiger partial charge on any atom is -0.356 e. The molecule has 0 aliphatic heterocycles. The van der Waals surface area contributed by atoms with Crippen molar-refractivity contribution < 1.29 is 8.42 Å². The Balaban J connectivity index is 1.21. The Labute approximate surface area is 160 Å². The van der Waals surface area contributed by atoms with Crippen LogP contribution in [0.25, 0.3) is 11.0 Å². The first-order valence-corrected chi connectivity index (χ1v) is 11.5. The molecular weight excluding hydrogens is 362 g/mol. The predicted octanol–water partition coefficient (Wildman–Crippen LogP) is 2.23. The van der Waals surface area contributed by atoms with E-state index in [1.165, 1.54) is 12.8 Å². The van der Waals surface area contributed by atoms with E-state index in [1.54, 1.807) is 17.7 Å². The van der Waals surface area contributed by atoms with E-state index in [-0.39, 0.29) is 17.7 Å². The van der Waals surface area contributed by atoms with Gasteiger partial charge in [0, 0.05) is 32.4 Å². The average molecular weight is 390 g/mol. The first-order chi connectivity index (χ1) is 12.9. The topological polar surface area (TPSA) is 82.2 Å². The molecule has 4 aliphatic carbocycles. The summed E-state index contributed by atoms with van der Waals surface area (Å²) in [5.41, 5.74) is 0.835. The van der Waals surface area contributed by atoms with Crippen molar-refractivity contribution in [3.05, 3.63) is 18.6 Å². The highest BCUT2D eigenvalue weighted by Crippen LogP contribution is 2.51. The van der Waals surface area contributed by atoms with Gasteiger partial charge in [-0.1, -0.05) is 0 Å². The number of nitrogens with one attached hydrogen (secondary N) is 1. The molecule has 4 saturated carbocycles. The van der Waals surface area contributed by atoms with Crippen molar-refractivity contribution >= 4 is 26.9 Å². The third kappa shape index (κ3) is 2.84. The van der Waals surface area contributed by atoms with Crippen molar-refractivity contribution in [3.63, 3.8) is 0 Å². The first kappa shape index (κ1) is 17.4. The fourth-order valence-electron chi connectivity index (χ4n) is 5.36. The molecular formula is C19H27N5O2S. The van der Waals surface area contributed by atoms with Crippen LogP contribution in [-0.2, 0) is 10.0 Å². The van der Waals surface area contributed by atoms with Gasteiger partial charge in [0.1, 0.15) is 17.8 Å². The van der Waals surface area contributed by atoms with E-state index in [1.807, 2.05) is 19.3 Å². The van der Waals surface area contributed by atoms with E-state index < -0.39 is 10.0 Å². The first-order valence-electron chi connectivity index (χ1n) is 9.89. The van der Waals surface area contributed by atoms with Crippen molar-refractivity contribution in [2.75, 3.05) is 24.7 Å². The van der Waals surface area contributed by atoms with Crippen LogP contribution in [-0.4, -0.2) is 59.6 Å². The van der Waals surface area contributed by atoms with Crippen LogP contribution in [0.15, 0.2) is 18.6 Å². The fraction of sp³-hybridized carbons (Fsp3) is 0.684. The number of fused-ring (bicyclic) bond motifs is 2. The van der Waals surface area contributed by atoms with Crippen molar-refractivity contribution in [3.8, 4) is 0 Å². The second-order valence-corrected chi connectivity index (χ2v) is 10.8. The Hall–Kier alpha value is -1.67. The fourth-order valence-corrected chi connectivity index (χ4v) is 7.13. The highest BCUT2D eigenvalue weighted by atomic mass is 32.2. The molecule has 2 aromatic heterocycles. The molecule has 0 amide bonds. The normalized spacial score (nSPS) is 32.5. The standard InChI is InChI=1S/C19H27N5O2S/c1-23(19-16-3-4-20-18(16)21-11-22-19)15-7-13(8-15)10-27(25,26)24(2)17-9-12-5-14(17)6-12/h3-4,11-15,17H,5-10H2,1-2H3,(H,20,21,22)/t12?,13?,14?,15?,17-/m0/s1. The van der Waals surface area contributed by atoms with E-state index in [4.69, 9.17) is 0 Å². The summed E-state index contributed by atoms with van der Waals surface area (Å²) in [6.45, 7) is 0. The van der Waals surface area contributed by atoms with Gasteiger partial charge in [0.05, 0.1) is 11.1 Å². The molecule has 0 aromatic carbocycles. The number of aromatic nitrogens is 3. The number of anilines is 1. The number of H-pyrrole nitrogens is 1. The van der Waals surface area contributed by atoms with Crippen LogP contribution in [0.2, 0.25) is 0 Å². The Bertz CT molecular complexity index is 946. The number of hydrogen-bond donors (Lipinski definition) is 1. The maximum absolute atomic E-state index is 12.9. The molecule has 8 heteroatoms. The molecule has 4 aliphatic rings. The zero-order chi connectivity index (χ0) is 18.8. The molecule has 4 fully saturated rings. The second kappa shape index (κ2) is 6.17. The van der Waals surface area contributed by atoms with Crippen molar-refractivity contribution in [2.45, 2.75) is 44.2 Å². The third-order valence-corrected chi connectivity index (χ3v) is 9.21. The summed E-state index contributed by atoms with van der Waals surface area (Å²) in [5, 5.41) is 1.01. The molecule has 0 radical (unpaired) electrons. The largest absolute Gasteiger partial charge is 0.356 e. The number of hydrogen-bond acceptors (Lipinski definition) is 5. The summed E-state index contributed by atoms with van der Waals surface area (Å²) in [5.74, 6) is 2.82. The molecule has 27 heavy (non-hydrogen) atoms. The molecule has 2 bridgehead atoms. The lowest BCUT2D eigenvalue weighted by molar-refractivity contribution is 0.245. The van der Waals surface area contributed by atoms with Gasteiger partial charge in [0.2, 0.25) is 10.0 Å².